The first-order chi connectivity index (χ1) is 13.2. The molecule has 0 atom stereocenters. The number of nitrogens with one attached hydrogen (secondary N) is 1. The van der Waals surface area contributed by atoms with Crippen LogP contribution in [0.15, 0.2) is 54.2 Å². The molecule has 27 heavy (non-hydrogen) atoms. The quantitative estimate of drug-likeness (QED) is 0.430. The zero-order chi connectivity index (χ0) is 18.6. The van der Waals surface area contributed by atoms with E-state index in [1.807, 2.05) is 31.2 Å². The number of nitrogens with zero attached hydrogens (tertiary/aromatic N) is 7. The second-order valence-corrected chi connectivity index (χ2v) is 5.62. The molecule has 9 heteroatoms. The number of fused-ring (bicyclic) bond motifs is 1. The van der Waals surface area contributed by atoms with Gasteiger partial charge >= 0.3 is 0 Å². The molecule has 134 valence electrons. The Kier molecular flexibility index (Phi) is 4.40. The van der Waals surface area contributed by atoms with Gasteiger partial charge in [0.1, 0.15) is 17.9 Å². The van der Waals surface area contributed by atoms with Crippen LogP contribution in [0.2, 0.25) is 0 Å². The Balaban J connectivity index is 1.64. The SMILES string of the molecule is COc1cccc(-n2ncc3c(NN=Cc4ccnc(C)n4)ncnc32)c1. The molecule has 0 radical (unpaired) electrons. The molecule has 0 aliphatic heterocycles. The van der Waals surface area contributed by atoms with Gasteiger partial charge in [-0.2, -0.15) is 10.2 Å². The molecule has 0 aliphatic rings. The zero-order valence-corrected chi connectivity index (χ0v) is 14.7. The van der Waals surface area contributed by atoms with Crippen molar-refractivity contribution in [2.45, 2.75) is 6.92 Å². The van der Waals surface area contributed by atoms with E-state index in [0.29, 0.717) is 23.0 Å². The predicted octanol–water partition coefficient (Wildman–Crippen LogP) is 2.37. The highest BCUT2D eigenvalue weighted by atomic mass is 16.5. The smallest absolute Gasteiger partial charge is 0.168 e. The Bertz CT molecular complexity index is 1120. The molecule has 1 N–H and O–H groups in total. The minimum Gasteiger partial charge on any atom is -0.497 e. The van der Waals surface area contributed by atoms with Crippen molar-refractivity contribution < 1.29 is 4.74 Å². The van der Waals surface area contributed by atoms with E-state index in [1.54, 1.807) is 36.5 Å². The number of aromatic nitrogens is 6. The Morgan fingerprint density at radius 1 is 1.19 bits per heavy atom. The third-order valence-corrected chi connectivity index (χ3v) is 3.83. The molecule has 4 aromatic rings. The van der Waals surface area contributed by atoms with Crippen LogP contribution in [0.3, 0.4) is 0 Å². The van der Waals surface area contributed by atoms with Gasteiger partial charge in [0.05, 0.1) is 36.3 Å². The van der Waals surface area contributed by atoms with Gasteiger partial charge in [0.15, 0.2) is 11.5 Å². The molecule has 0 unspecified atom stereocenters. The van der Waals surface area contributed by atoms with E-state index >= 15 is 0 Å². The Labute approximate surface area is 154 Å². The molecule has 0 fully saturated rings. The topological polar surface area (TPSA) is 103 Å². The molecule has 0 bridgehead atoms. The summed E-state index contributed by atoms with van der Waals surface area (Å²) in [6.45, 7) is 1.83. The maximum absolute atomic E-state index is 5.28. The summed E-state index contributed by atoms with van der Waals surface area (Å²) in [6.07, 6.45) is 6.45. The van der Waals surface area contributed by atoms with Gasteiger partial charge in [0.25, 0.3) is 0 Å². The number of aryl methyl sites for hydroxylation is 1. The number of rotatable bonds is 5. The van der Waals surface area contributed by atoms with Crippen LogP contribution in [0.25, 0.3) is 16.7 Å². The van der Waals surface area contributed by atoms with E-state index in [2.05, 4.69) is 35.6 Å². The lowest BCUT2D eigenvalue weighted by atomic mass is 10.3. The van der Waals surface area contributed by atoms with E-state index in [-0.39, 0.29) is 0 Å². The average Bonchev–Trinajstić information content (AvgIpc) is 3.13. The van der Waals surface area contributed by atoms with Crippen LogP contribution in [0, 0.1) is 6.92 Å². The van der Waals surface area contributed by atoms with E-state index in [1.165, 1.54) is 6.33 Å². The summed E-state index contributed by atoms with van der Waals surface area (Å²) in [5.74, 6) is 1.98. The summed E-state index contributed by atoms with van der Waals surface area (Å²) in [6, 6.07) is 9.36. The van der Waals surface area contributed by atoms with Crippen LogP contribution < -0.4 is 10.2 Å². The molecule has 3 aromatic heterocycles. The molecule has 3 heterocycles. The van der Waals surface area contributed by atoms with Gasteiger partial charge in [-0.15, -0.1) is 0 Å². The van der Waals surface area contributed by atoms with Gasteiger partial charge in [-0.05, 0) is 25.1 Å². The largest absolute Gasteiger partial charge is 0.497 e. The van der Waals surface area contributed by atoms with E-state index < -0.39 is 0 Å². The molecular formula is C18H16N8O. The van der Waals surface area contributed by atoms with Gasteiger partial charge in [0, 0.05) is 12.3 Å². The number of benzene rings is 1. The van der Waals surface area contributed by atoms with Gasteiger partial charge in [-0.25, -0.2) is 24.6 Å². The average molecular weight is 360 g/mol. The van der Waals surface area contributed by atoms with Crippen LogP contribution in [0.5, 0.6) is 5.75 Å². The summed E-state index contributed by atoms with van der Waals surface area (Å²) >= 11 is 0. The van der Waals surface area contributed by atoms with E-state index in [9.17, 15) is 0 Å². The molecular weight excluding hydrogens is 344 g/mol. The monoisotopic (exact) mass is 360 g/mol. The van der Waals surface area contributed by atoms with Crippen molar-refractivity contribution in [3.8, 4) is 11.4 Å². The fraction of sp³-hybridized carbons (Fsp3) is 0.111. The van der Waals surface area contributed by atoms with Crippen molar-refractivity contribution in [2.75, 3.05) is 12.5 Å². The number of anilines is 1. The molecule has 0 amide bonds. The van der Waals surface area contributed by atoms with Crippen molar-refractivity contribution >= 4 is 23.1 Å². The van der Waals surface area contributed by atoms with Crippen LogP contribution in [0.4, 0.5) is 5.82 Å². The van der Waals surface area contributed by atoms with Crippen molar-refractivity contribution in [2.24, 2.45) is 5.10 Å². The van der Waals surface area contributed by atoms with Crippen LogP contribution in [-0.2, 0) is 0 Å². The molecule has 0 spiro atoms. The number of hydrogen-bond donors (Lipinski definition) is 1. The van der Waals surface area contributed by atoms with Crippen LogP contribution >= 0.6 is 0 Å². The first-order valence-corrected chi connectivity index (χ1v) is 8.16. The minimum absolute atomic E-state index is 0.552. The first kappa shape index (κ1) is 16.6. The Morgan fingerprint density at radius 3 is 2.96 bits per heavy atom. The molecule has 0 saturated carbocycles. The van der Waals surface area contributed by atoms with Crippen molar-refractivity contribution in [1.82, 2.24) is 29.7 Å². The van der Waals surface area contributed by atoms with Crippen molar-refractivity contribution in [3.05, 3.63) is 60.6 Å². The maximum Gasteiger partial charge on any atom is 0.168 e. The summed E-state index contributed by atoms with van der Waals surface area (Å²) in [5.41, 5.74) is 5.13. The second kappa shape index (κ2) is 7.16. The fourth-order valence-electron chi connectivity index (χ4n) is 2.57. The molecule has 0 aliphatic carbocycles. The van der Waals surface area contributed by atoms with Crippen LogP contribution in [-0.4, -0.2) is 43.0 Å². The lowest BCUT2D eigenvalue weighted by molar-refractivity contribution is 0.414. The van der Waals surface area contributed by atoms with Crippen molar-refractivity contribution in [1.29, 1.82) is 0 Å². The number of hydrazone groups is 1. The lowest BCUT2D eigenvalue weighted by Crippen LogP contribution is -2.00. The number of ether oxygens (including phenoxy) is 1. The normalized spacial score (nSPS) is 11.2. The maximum atomic E-state index is 5.28. The van der Waals surface area contributed by atoms with Gasteiger partial charge in [0.2, 0.25) is 0 Å². The van der Waals surface area contributed by atoms with E-state index in [0.717, 1.165) is 16.8 Å². The zero-order valence-electron chi connectivity index (χ0n) is 14.7. The van der Waals surface area contributed by atoms with E-state index in [4.69, 9.17) is 4.74 Å². The molecule has 9 nitrogen and oxygen atoms in total. The summed E-state index contributed by atoms with van der Waals surface area (Å²) < 4.78 is 7.00. The predicted molar refractivity (Wildman–Crippen MR) is 101 cm³/mol. The van der Waals surface area contributed by atoms with Crippen LogP contribution in [0.1, 0.15) is 11.5 Å². The lowest BCUT2D eigenvalue weighted by Gasteiger charge is -2.06. The minimum atomic E-state index is 0.552. The highest BCUT2D eigenvalue weighted by Crippen LogP contribution is 2.23. The highest BCUT2D eigenvalue weighted by Gasteiger charge is 2.11. The highest BCUT2D eigenvalue weighted by molar-refractivity contribution is 5.87. The number of methoxy groups -OCH3 is 1. The van der Waals surface area contributed by atoms with Gasteiger partial charge in [-0.3, -0.25) is 5.43 Å². The summed E-state index contributed by atoms with van der Waals surface area (Å²) in [7, 11) is 1.63. The second-order valence-electron chi connectivity index (χ2n) is 5.62. The van der Waals surface area contributed by atoms with Crippen molar-refractivity contribution in [3.63, 3.8) is 0 Å². The van der Waals surface area contributed by atoms with Gasteiger partial charge < -0.3 is 4.74 Å². The third-order valence-electron chi connectivity index (χ3n) is 3.83. The number of hydrogen-bond acceptors (Lipinski definition) is 8. The summed E-state index contributed by atoms with van der Waals surface area (Å²) in [5, 5.41) is 9.37. The third kappa shape index (κ3) is 3.43. The fourth-order valence-corrected chi connectivity index (χ4v) is 2.57. The Hall–Kier alpha value is -3.88. The standard InChI is InChI=1S/C18H16N8O/c1-12-19-7-6-13(24-12)9-22-25-17-16-10-23-26(18(16)21-11-20-17)14-4-3-5-15(8-14)27-2/h3-11H,1-2H3,(H,20,21,25). The Morgan fingerprint density at radius 2 is 2.11 bits per heavy atom. The molecule has 4 rings (SSSR count). The first-order valence-electron chi connectivity index (χ1n) is 8.16. The summed E-state index contributed by atoms with van der Waals surface area (Å²) in [4.78, 5) is 16.9. The van der Waals surface area contributed by atoms with Gasteiger partial charge in [-0.1, -0.05) is 6.07 Å². The molecule has 0 saturated heterocycles. The molecule has 1 aromatic carbocycles.